The SMILES string of the molecule is C=CC(=O)Nc1cccc(Oc2cnc3[nH]cc(-c4ccc5c(c4)OCCO5)c3n2)c1. The molecule has 2 aromatic carbocycles. The van der Waals surface area contributed by atoms with Gasteiger partial charge in [0.05, 0.1) is 6.20 Å². The molecule has 31 heavy (non-hydrogen) atoms. The number of nitrogens with one attached hydrogen (secondary N) is 2. The molecule has 2 N–H and O–H groups in total. The molecule has 0 saturated carbocycles. The summed E-state index contributed by atoms with van der Waals surface area (Å²) in [5.74, 6) is 1.99. The molecule has 0 fully saturated rings. The molecule has 0 atom stereocenters. The topological polar surface area (TPSA) is 98.4 Å². The highest BCUT2D eigenvalue weighted by molar-refractivity contribution is 5.99. The molecule has 5 rings (SSSR count). The molecule has 1 aliphatic rings. The van der Waals surface area contributed by atoms with E-state index in [0.29, 0.717) is 47.4 Å². The van der Waals surface area contributed by atoms with Gasteiger partial charge in [0, 0.05) is 23.5 Å². The molecular formula is C23H18N4O4. The third-order valence-corrected chi connectivity index (χ3v) is 4.72. The predicted molar refractivity (Wildman–Crippen MR) is 116 cm³/mol. The zero-order chi connectivity index (χ0) is 21.2. The molecule has 0 aliphatic carbocycles. The third-order valence-electron chi connectivity index (χ3n) is 4.72. The fourth-order valence-electron chi connectivity index (χ4n) is 3.31. The molecule has 0 spiro atoms. The van der Waals surface area contributed by atoms with Crippen molar-refractivity contribution in [1.82, 2.24) is 15.0 Å². The Morgan fingerprint density at radius 3 is 2.90 bits per heavy atom. The molecule has 1 aliphatic heterocycles. The number of rotatable bonds is 5. The molecule has 0 radical (unpaired) electrons. The van der Waals surface area contributed by atoms with Gasteiger partial charge in [-0.05, 0) is 35.9 Å². The number of H-pyrrole nitrogens is 1. The van der Waals surface area contributed by atoms with Gasteiger partial charge in [-0.2, -0.15) is 0 Å². The fourth-order valence-corrected chi connectivity index (χ4v) is 3.31. The van der Waals surface area contributed by atoms with Crippen molar-refractivity contribution in [3.63, 3.8) is 0 Å². The van der Waals surface area contributed by atoms with Crippen molar-refractivity contribution in [2.45, 2.75) is 0 Å². The first-order valence-electron chi connectivity index (χ1n) is 9.65. The Morgan fingerprint density at radius 1 is 1.16 bits per heavy atom. The Hall–Kier alpha value is -4.33. The van der Waals surface area contributed by atoms with E-state index in [9.17, 15) is 4.79 Å². The van der Waals surface area contributed by atoms with Gasteiger partial charge in [-0.15, -0.1) is 0 Å². The highest BCUT2D eigenvalue weighted by atomic mass is 16.6. The maximum Gasteiger partial charge on any atom is 0.247 e. The Bertz CT molecular complexity index is 1300. The van der Waals surface area contributed by atoms with Crippen molar-refractivity contribution in [2.24, 2.45) is 0 Å². The van der Waals surface area contributed by atoms with Gasteiger partial charge in [0.25, 0.3) is 0 Å². The van der Waals surface area contributed by atoms with E-state index in [-0.39, 0.29) is 5.91 Å². The lowest BCUT2D eigenvalue weighted by Crippen LogP contribution is -2.15. The second kappa shape index (κ2) is 7.83. The van der Waals surface area contributed by atoms with Crippen molar-refractivity contribution in [3.05, 3.63) is 67.5 Å². The summed E-state index contributed by atoms with van der Waals surface area (Å²) in [7, 11) is 0. The van der Waals surface area contributed by atoms with E-state index in [2.05, 4.69) is 26.8 Å². The van der Waals surface area contributed by atoms with Gasteiger partial charge < -0.3 is 24.5 Å². The van der Waals surface area contributed by atoms with E-state index >= 15 is 0 Å². The molecule has 154 valence electrons. The predicted octanol–water partition coefficient (Wildman–Crippen LogP) is 4.31. The Kier molecular flexibility index (Phi) is 4.72. The molecule has 3 heterocycles. The van der Waals surface area contributed by atoms with Gasteiger partial charge in [0.1, 0.15) is 24.5 Å². The maximum atomic E-state index is 11.5. The molecular weight excluding hydrogens is 396 g/mol. The summed E-state index contributed by atoms with van der Waals surface area (Å²) in [4.78, 5) is 23.7. The minimum absolute atomic E-state index is 0.297. The number of ether oxygens (including phenoxy) is 3. The number of anilines is 1. The van der Waals surface area contributed by atoms with E-state index in [1.807, 2.05) is 24.4 Å². The molecule has 4 aromatic rings. The summed E-state index contributed by atoms with van der Waals surface area (Å²) < 4.78 is 17.2. The Labute approximate surface area is 177 Å². The average Bonchev–Trinajstić information content (AvgIpc) is 3.22. The van der Waals surface area contributed by atoms with Crippen LogP contribution in [0.4, 0.5) is 5.69 Å². The van der Waals surface area contributed by atoms with Crippen LogP contribution < -0.4 is 19.5 Å². The van der Waals surface area contributed by atoms with Gasteiger partial charge in [-0.3, -0.25) is 4.79 Å². The standard InChI is InChI=1S/C23H18N4O4/c1-2-20(28)26-15-4-3-5-16(11-15)31-21-13-25-23-22(27-21)17(12-24-23)14-6-7-18-19(10-14)30-9-8-29-18/h2-7,10-13H,1,8-9H2,(H,24,25)(H,26,28). The molecule has 2 aromatic heterocycles. The third kappa shape index (κ3) is 3.78. The number of carbonyl (C=O) groups excluding carboxylic acids is 1. The van der Waals surface area contributed by atoms with Gasteiger partial charge in [0.2, 0.25) is 11.8 Å². The maximum absolute atomic E-state index is 11.5. The quantitative estimate of drug-likeness (QED) is 0.472. The summed E-state index contributed by atoms with van der Waals surface area (Å²) >= 11 is 0. The number of hydrogen-bond donors (Lipinski definition) is 2. The van der Waals surface area contributed by atoms with E-state index in [1.165, 1.54) is 6.08 Å². The number of nitrogens with zero attached hydrogens (tertiary/aromatic N) is 2. The molecule has 8 nitrogen and oxygen atoms in total. The van der Waals surface area contributed by atoms with Crippen LogP contribution in [0.15, 0.2) is 67.5 Å². The zero-order valence-corrected chi connectivity index (χ0v) is 16.4. The van der Waals surface area contributed by atoms with Crippen LogP contribution in [0.2, 0.25) is 0 Å². The Balaban J connectivity index is 1.45. The number of benzene rings is 2. The highest BCUT2D eigenvalue weighted by Crippen LogP contribution is 2.36. The van der Waals surface area contributed by atoms with Crippen LogP contribution in [-0.4, -0.2) is 34.1 Å². The van der Waals surface area contributed by atoms with Crippen molar-refractivity contribution in [1.29, 1.82) is 0 Å². The fraction of sp³-hybridized carbons (Fsp3) is 0.0870. The van der Waals surface area contributed by atoms with E-state index in [0.717, 1.165) is 16.9 Å². The first-order valence-corrected chi connectivity index (χ1v) is 9.65. The summed E-state index contributed by atoms with van der Waals surface area (Å²) in [6.07, 6.45) is 4.60. The van der Waals surface area contributed by atoms with Gasteiger partial charge in [0.15, 0.2) is 17.1 Å². The van der Waals surface area contributed by atoms with Crippen LogP contribution in [0.25, 0.3) is 22.3 Å². The van der Waals surface area contributed by atoms with E-state index < -0.39 is 0 Å². The molecule has 0 saturated heterocycles. The van der Waals surface area contributed by atoms with Crippen molar-refractivity contribution >= 4 is 22.8 Å². The lowest BCUT2D eigenvalue weighted by Gasteiger charge is -2.18. The van der Waals surface area contributed by atoms with Gasteiger partial charge >= 0.3 is 0 Å². The summed E-state index contributed by atoms with van der Waals surface area (Å²) in [5, 5.41) is 2.70. The highest BCUT2D eigenvalue weighted by Gasteiger charge is 2.16. The monoisotopic (exact) mass is 414 g/mol. The normalized spacial score (nSPS) is 12.4. The summed E-state index contributed by atoms with van der Waals surface area (Å²) in [5.41, 5.74) is 3.71. The lowest BCUT2D eigenvalue weighted by atomic mass is 10.1. The average molecular weight is 414 g/mol. The number of aromatic nitrogens is 3. The molecule has 0 bridgehead atoms. The van der Waals surface area contributed by atoms with Crippen LogP contribution >= 0.6 is 0 Å². The molecule has 1 amide bonds. The molecule has 8 heteroatoms. The van der Waals surface area contributed by atoms with Crippen LogP contribution in [0.3, 0.4) is 0 Å². The second-order valence-corrected chi connectivity index (χ2v) is 6.79. The molecule has 0 unspecified atom stereocenters. The van der Waals surface area contributed by atoms with Crippen LogP contribution in [0.5, 0.6) is 23.1 Å². The smallest absolute Gasteiger partial charge is 0.247 e. The summed E-state index contributed by atoms with van der Waals surface area (Å²) in [6.45, 7) is 4.52. The zero-order valence-electron chi connectivity index (χ0n) is 16.4. The van der Waals surface area contributed by atoms with Crippen LogP contribution in [0.1, 0.15) is 0 Å². The minimum atomic E-state index is -0.297. The van der Waals surface area contributed by atoms with Gasteiger partial charge in [-0.1, -0.05) is 18.7 Å². The van der Waals surface area contributed by atoms with Gasteiger partial charge in [-0.25, -0.2) is 9.97 Å². The van der Waals surface area contributed by atoms with E-state index in [1.54, 1.807) is 30.5 Å². The first-order chi connectivity index (χ1) is 15.2. The van der Waals surface area contributed by atoms with Crippen molar-refractivity contribution in [2.75, 3.05) is 18.5 Å². The Morgan fingerprint density at radius 2 is 2.03 bits per heavy atom. The number of aromatic amines is 1. The largest absolute Gasteiger partial charge is 0.486 e. The lowest BCUT2D eigenvalue weighted by molar-refractivity contribution is -0.111. The number of fused-ring (bicyclic) bond motifs is 2. The van der Waals surface area contributed by atoms with Crippen molar-refractivity contribution < 1.29 is 19.0 Å². The second-order valence-electron chi connectivity index (χ2n) is 6.79. The number of amides is 1. The number of carbonyl (C=O) groups is 1. The van der Waals surface area contributed by atoms with Crippen LogP contribution in [0, 0.1) is 0 Å². The minimum Gasteiger partial charge on any atom is -0.486 e. The summed E-state index contributed by atoms with van der Waals surface area (Å²) in [6, 6.07) is 12.8. The van der Waals surface area contributed by atoms with Crippen molar-refractivity contribution in [3.8, 4) is 34.3 Å². The number of hydrogen-bond acceptors (Lipinski definition) is 6. The first kappa shape index (κ1) is 18.7. The van der Waals surface area contributed by atoms with E-state index in [4.69, 9.17) is 14.2 Å². The van der Waals surface area contributed by atoms with Crippen LogP contribution in [-0.2, 0) is 4.79 Å².